The largest absolute Gasteiger partial charge is 0.530 e. The zero-order valence-electron chi connectivity index (χ0n) is 12.0. The second kappa shape index (κ2) is 6.50. The summed E-state index contributed by atoms with van der Waals surface area (Å²) < 4.78 is 28.6. The predicted molar refractivity (Wildman–Crippen MR) is 82.2 cm³/mol. The van der Waals surface area contributed by atoms with Gasteiger partial charge in [-0.15, -0.1) is 0 Å². The highest BCUT2D eigenvalue weighted by molar-refractivity contribution is 7.49. The fraction of sp³-hybridized carbons (Fsp3) is 0.200. The van der Waals surface area contributed by atoms with Crippen LogP contribution in [0.4, 0.5) is 5.69 Å². The lowest BCUT2D eigenvalue weighted by Crippen LogP contribution is -2.16. The predicted octanol–water partition coefficient (Wildman–Crippen LogP) is 4.26. The average molecular weight is 335 g/mol. The van der Waals surface area contributed by atoms with Gasteiger partial charge in [-0.2, -0.15) is 0 Å². The maximum Gasteiger partial charge on any atom is 0.530 e. The molecule has 1 heterocycles. The van der Waals surface area contributed by atoms with E-state index in [1.54, 1.807) is 0 Å². The van der Waals surface area contributed by atoms with Gasteiger partial charge in [-0.1, -0.05) is 30.3 Å². The molecular formula is C15H14NO6P. The van der Waals surface area contributed by atoms with Gasteiger partial charge < -0.3 is 4.52 Å². The van der Waals surface area contributed by atoms with Crippen molar-refractivity contribution in [3.8, 4) is 5.75 Å². The molecular weight excluding hydrogens is 321 g/mol. The molecule has 0 aliphatic carbocycles. The zero-order chi connectivity index (χ0) is 16.3. The van der Waals surface area contributed by atoms with Gasteiger partial charge in [-0.25, -0.2) is 4.57 Å². The summed E-state index contributed by atoms with van der Waals surface area (Å²) in [6.07, 6.45) is 0.186. The third-order valence-corrected chi connectivity index (χ3v) is 4.77. The van der Waals surface area contributed by atoms with Gasteiger partial charge >= 0.3 is 7.82 Å². The van der Waals surface area contributed by atoms with Crippen molar-refractivity contribution in [2.45, 2.75) is 12.5 Å². The van der Waals surface area contributed by atoms with E-state index in [9.17, 15) is 14.7 Å². The summed E-state index contributed by atoms with van der Waals surface area (Å²) in [5.41, 5.74) is 0.812. The molecule has 1 fully saturated rings. The SMILES string of the molecule is O=[N+]([O-])c1ccc(O[P@@]2(=O)OCC[C@@H](c3ccccc3)O2)cc1. The quantitative estimate of drug-likeness (QED) is 0.471. The Bertz CT molecular complexity index is 733. The third kappa shape index (κ3) is 3.76. The molecule has 0 spiro atoms. The highest BCUT2D eigenvalue weighted by Gasteiger charge is 2.37. The first-order valence-electron chi connectivity index (χ1n) is 6.98. The van der Waals surface area contributed by atoms with Crippen LogP contribution in [0.15, 0.2) is 54.6 Å². The maximum atomic E-state index is 12.6. The Balaban J connectivity index is 1.73. The second-order valence-corrected chi connectivity index (χ2v) is 6.46. The van der Waals surface area contributed by atoms with Gasteiger partial charge in [0.15, 0.2) is 0 Å². The first-order valence-corrected chi connectivity index (χ1v) is 8.44. The Hall–Kier alpha value is -2.21. The van der Waals surface area contributed by atoms with Crippen LogP contribution >= 0.6 is 7.82 Å². The van der Waals surface area contributed by atoms with Gasteiger partial charge in [0.25, 0.3) is 5.69 Å². The van der Waals surface area contributed by atoms with E-state index < -0.39 is 12.7 Å². The van der Waals surface area contributed by atoms with E-state index in [1.807, 2.05) is 30.3 Å². The number of rotatable bonds is 4. The normalized spacial score (nSPS) is 24.1. The van der Waals surface area contributed by atoms with Crippen LogP contribution in [0.3, 0.4) is 0 Å². The van der Waals surface area contributed by atoms with Gasteiger partial charge in [-0.3, -0.25) is 19.2 Å². The van der Waals surface area contributed by atoms with Gasteiger partial charge in [0.1, 0.15) is 5.75 Å². The van der Waals surface area contributed by atoms with Crippen LogP contribution in [0.5, 0.6) is 5.75 Å². The van der Waals surface area contributed by atoms with Crippen LogP contribution in [0, 0.1) is 10.1 Å². The fourth-order valence-electron chi connectivity index (χ4n) is 2.21. The van der Waals surface area contributed by atoms with E-state index in [0.717, 1.165) is 5.56 Å². The van der Waals surface area contributed by atoms with Crippen LogP contribution in [0.2, 0.25) is 0 Å². The van der Waals surface area contributed by atoms with E-state index in [4.69, 9.17) is 13.6 Å². The highest BCUT2D eigenvalue weighted by atomic mass is 31.2. The van der Waals surface area contributed by atoms with E-state index in [-0.39, 0.29) is 24.1 Å². The molecule has 1 aliphatic heterocycles. The number of phosphoric acid groups is 1. The monoisotopic (exact) mass is 335 g/mol. The summed E-state index contributed by atoms with van der Waals surface area (Å²) in [4.78, 5) is 10.1. The topological polar surface area (TPSA) is 87.9 Å². The summed E-state index contributed by atoms with van der Waals surface area (Å²) >= 11 is 0. The highest BCUT2D eigenvalue weighted by Crippen LogP contribution is 2.56. The molecule has 0 bridgehead atoms. The van der Waals surface area contributed by atoms with Crippen molar-refractivity contribution in [2.75, 3.05) is 6.61 Å². The molecule has 0 radical (unpaired) electrons. The molecule has 1 saturated heterocycles. The van der Waals surface area contributed by atoms with Crippen LogP contribution in [-0.2, 0) is 13.6 Å². The Labute approximate surface area is 132 Å². The first kappa shape index (κ1) is 15.7. The van der Waals surface area contributed by atoms with Crippen molar-refractivity contribution in [3.63, 3.8) is 0 Å². The number of benzene rings is 2. The van der Waals surface area contributed by atoms with Crippen LogP contribution in [0.25, 0.3) is 0 Å². The number of phosphoric ester groups is 1. The van der Waals surface area contributed by atoms with Crippen molar-refractivity contribution < 1.29 is 23.1 Å². The fourth-order valence-corrected chi connectivity index (χ4v) is 3.62. The minimum absolute atomic E-state index is 0.0803. The lowest BCUT2D eigenvalue weighted by molar-refractivity contribution is -0.384. The number of nitrogens with zero attached hydrogens (tertiary/aromatic N) is 1. The van der Waals surface area contributed by atoms with E-state index in [0.29, 0.717) is 6.42 Å². The molecule has 7 nitrogen and oxygen atoms in total. The maximum absolute atomic E-state index is 12.6. The molecule has 0 N–H and O–H groups in total. The lowest BCUT2D eigenvalue weighted by atomic mass is 10.1. The molecule has 3 rings (SSSR count). The molecule has 0 aromatic heterocycles. The van der Waals surface area contributed by atoms with Crippen LogP contribution in [-0.4, -0.2) is 11.5 Å². The Morgan fingerprint density at radius 3 is 2.48 bits per heavy atom. The van der Waals surface area contributed by atoms with Crippen LogP contribution < -0.4 is 4.52 Å². The lowest BCUT2D eigenvalue weighted by Gasteiger charge is -2.28. The minimum atomic E-state index is -3.77. The minimum Gasteiger partial charge on any atom is -0.404 e. The van der Waals surface area contributed by atoms with E-state index in [2.05, 4.69) is 0 Å². The zero-order valence-corrected chi connectivity index (χ0v) is 12.9. The number of nitro benzene ring substituents is 1. The molecule has 2 aromatic rings. The summed E-state index contributed by atoms with van der Waals surface area (Å²) in [6, 6.07) is 14.6. The smallest absolute Gasteiger partial charge is 0.404 e. The Morgan fingerprint density at radius 1 is 1.13 bits per heavy atom. The summed E-state index contributed by atoms with van der Waals surface area (Å²) in [5, 5.41) is 10.6. The third-order valence-electron chi connectivity index (χ3n) is 3.32. The summed E-state index contributed by atoms with van der Waals surface area (Å²) in [7, 11) is -3.77. The molecule has 0 amide bonds. The molecule has 2 atom stereocenters. The Kier molecular flexibility index (Phi) is 4.43. The van der Waals surface area contributed by atoms with Crippen LogP contribution in [0.1, 0.15) is 18.1 Å². The van der Waals surface area contributed by atoms with E-state index in [1.165, 1.54) is 24.3 Å². The standard InChI is InChI=1S/C15H14NO6P/c17-16(18)13-6-8-14(9-7-13)21-23(19)20-11-10-15(22-23)12-4-2-1-3-5-12/h1-9,15H,10-11H2/t15-,23+/m0/s1. The van der Waals surface area contributed by atoms with Gasteiger partial charge in [0, 0.05) is 18.6 Å². The van der Waals surface area contributed by atoms with Gasteiger partial charge in [-0.05, 0) is 17.7 Å². The molecule has 0 unspecified atom stereocenters. The summed E-state index contributed by atoms with van der Waals surface area (Å²) in [5.74, 6) is 0.188. The molecule has 2 aromatic carbocycles. The summed E-state index contributed by atoms with van der Waals surface area (Å²) in [6.45, 7) is 0.240. The van der Waals surface area contributed by atoms with Gasteiger partial charge in [0.2, 0.25) is 0 Å². The molecule has 8 heteroatoms. The first-order chi connectivity index (χ1) is 11.1. The second-order valence-electron chi connectivity index (χ2n) is 4.92. The number of hydrogen-bond acceptors (Lipinski definition) is 6. The van der Waals surface area contributed by atoms with E-state index >= 15 is 0 Å². The number of non-ortho nitro benzene ring substituents is 1. The van der Waals surface area contributed by atoms with Crippen molar-refractivity contribution in [1.29, 1.82) is 0 Å². The molecule has 0 saturated carbocycles. The number of hydrogen-bond donors (Lipinski definition) is 0. The van der Waals surface area contributed by atoms with Crippen molar-refractivity contribution in [3.05, 3.63) is 70.3 Å². The number of nitro groups is 1. The van der Waals surface area contributed by atoms with Crippen molar-refractivity contribution in [1.82, 2.24) is 0 Å². The molecule has 23 heavy (non-hydrogen) atoms. The molecule has 120 valence electrons. The Morgan fingerprint density at radius 2 is 1.83 bits per heavy atom. The van der Waals surface area contributed by atoms with Crippen molar-refractivity contribution >= 4 is 13.5 Å². The van der Waals surface area contributed by atoms with Crippen molar-refractivity contribution in [2.24, 2.45) is 0 Å². The average Bonchev–Trinajstić information content (AvgIpc) is 2.56. The molecule has 1 aliphatic rings. The van der Waals surface area contributed by atoms with Gasteiger partial charge in [0.05, 0.1) is 17.6 Å².